The Kier molecular flexibility index (Phi) is 7.54. The summed E-state index contributed by atoms with van der Waals surface area (Å²) in [6.45, 7) is 5.77. The maximum absolute atomic E-state index is 11.5. The fraction of sp³-hybridized carbons (Fsp3) is 0.435. The molecule has 7 heteroatoms. The van der Waals surface area contributed by atoms with Gasteiger partial charge >= 0.3 is 0 Å². The lowest BCUT2D eigenvalue weighted by atomic mass is 10.1. The minimum absolute atomic E-state index is 0.0336. The lowest BCUT2D eigenvalue weighted by Gasteiger charge is -2.36. The maximum atomic E-state index is 11.5. The first-order valence-corrected chi connectivity index (χ1v) is 10.1. The van der Waals surface area contributed by atoms with E-state index in [0.717, 1.165) is 31.9 Å². The fourth-order valence-corrected chi connectivity index (χ4v) is 3.52. The second kappa shape index (κ2) is 10.3. The van der Waals surface area contributed by atoms with E-state index in [1.54, 1.807) is 25.3 Å². The molecule has 0 unspecified atom stereocenters. The molecular formula is C23H30N2O5. The molecule has 0 saturated carbocycles. The highest BCUT2D eigenvalue weighted by Crippen LogP contribution is 2.28. The molecule has 0 aromatic heterocycles. The van der Waals surface area contributed by atoms with Gasteiger partial charge in [0.1, 0.15) is 18.5 Å². The van der Waals surface area contributed by atoms with Gasteiger partial charge in [-0.2, -0.15) is 0 Å². The van der Waals surface area contributed by atoms with Crippen LogP contribution in [0.5, 0.6) is 17.2 Å². The van der Waals surface area contributed by atoms with Crippen LogP contribution in [-0.2, 0) is 0 Å². The number of hydrogen-bond donors (Lipinski definition) is 1. The van der Waals surface area contributed by atoms with E-state index in [9.17, 15) is 9.90 Å². The number of carbonyl (C=O) groups excluding carboxylic acids is 1. The molecule has 1 fully saturated rings. The van der Waals surface area contributed by atoms with E-state index in [-0.39, 0.29) is 12.4 Å². The zero-order chi connectivity index (χ0) is 21.5. The van der Waals surface area contributed by atoms with E-state index in [0.29, 0.717) is 23.6 Å². The number of anilines is 1. The summed E-state index contributed by atoms with van der Waals surface area (Å²) in [5.41, 5.74) is 1.75. The van der Waals surface area contributed by atoms with Crippen molar-refractivity contribution in [1.82, 2.24) is 4.90 Å². The van der Waals surface area contributed by atoms with Crippen molar-refractivity contribution in [1.29, 1.82) is 0 Å². The Bertz CT molecular complexity index is 832. The van der Waals surface area contributed by atoms with Crippen molar-refractivity contribution in [2.24, 2.45) is 0 Å². The average molecular weight is 415 g/mol. The summed E-state index contributed by atoms with van der Waals surface area (Å²) >= 11 is 0. The van der Waals surface area contributed by atoms with Crippen LogP contribution in [0.1, 0.15) is 17.3 Å². The highest BCUT2D eigenvalue weighted by molar-refractivity contribution is 5.94. The molecule has 0 aliphatic carbocycles. The van der Waals surface area contributed by atoms with Gasteiger partial charge in [0.05, 0.1) is 14.2 Å². The van der Waals surface area contributed by atoms with Gasteiger partial charge in [-0.05, 0) is 49.4 Å². The van der Waals surface area contributed by atoms with Gasteiger partial charge in [-0.3, -0.25) is 9.69 Å². The standard InChI is InChI=1S/C23H30N2O5/c1-17(26)18-4-9-22(23(14-18)29-3)30-16-20(27)15-24-10-12-25(13-11-24)19-5-7-21(28-2)8-6-19/h4-9,14,20,27H,10-13,15-16H2,1-3H3/t20-/m0/s1. The van der Waals surface area contributed by atoms with Crippen molar-refractivity contribution in [3.05, 3.63) is 48.0 Å². The van der Waals surface area contributed by atoms with Crippen molar-refractivity contribution in [3.63, 3.8) is 0 Å². The largest absolute Gasteiger partial charge is 0.497 e. The summed E-state index contributed by atoms with van der Waals surface area (Å²) in [5.74, 6) is 1.83. The van der Waals surface area contributed by atoms with E-state index in [1.165, 1.54) is 19.7 Å². The van der Waals surface area contributed by atoms with Gasteiger partial charge in [0.2, 0.25) is 0 Å². The molecule has 1 saturated heterocycles. The number of ketones is 1. The van der Waals surface area contributed by atoms with Crippen molar-refractivity contribution in [2.75, 3.05) is 58.5 Å². The summed E-state index contributed by atoms with van der Waals surface area (Å²) in [5, 5.41) is 10.4. The minimum atomic E-state index is -0.616. The van der Waals surface area contributed by atoms with Crippen molar-refractivity contribution in [3.8, 4) is 17.2 Å². The number of piperazine rings is 1. The Morgan fingerprint density at radius 3 is 2.30 bits per heavy atom. The molecule has 1 aliphatic heterocycles. The number of ether oxygens (including phenoxy) is 3. The Labute approximate surface area is 177 Å². The first-order valence-electron chi connectivity index (χ1n) is 10.1. The van der Waals surface area contributed by atoms with Crippen LogP contribution in [0.2, 0.25) is 0 Å². The molecule has 1 atom stereocenters. The lowest BCUT2D eigenvalue weighted by Crippen LogP contribution is -2.49. The zero-order valence-corrected chi connectivity index (χ0v) is 17.8. The minimum Gasteiger partial charge on any atom is -0.497 e. The number of β-amino-alcohol motifs (C(OH)–C–C–N with tert-alkyl or cyclic N) is 1. The number of aliphatic hydroxyl groups is 1. The van der Waals surface area contributed by atoms with Crippen LogP contribution in [-0.4, -0.2) is 75.4 Å². The van der Waals surface area contributed by atoms with Crippen LogP contribution in [0.3, 0.4) is 0 Å². The topological polar surface area (TPSA) is 71.5 Å². The van der Waals surface area contributed by atoms with E-state index in [2.05, 4.69) is 21.9 Å². The molecule has 7 nitrogen and oxygen atoms in total. The SMILES string of the molecule is COc1ccc(N2CCN(C[C@H](O)COc3ccc(C(C)=O)cc3OC)CC2)cc1. The van der Waals surface area contributed by atoms with Crippen LogP contribution in [0, 0.1) is 0 Å². The van der Waals surface area contributed by atoms with Crippen LogP contribution in [0.4, 0.5) is 5.69 Å². The highest BCUT2D eigenvalue weighted by Gasteiger charge is 2.20. The molecule has 162 valence electrons. The number of rotatable bonds is 9. The average Bonchev–Trinajstić information content (AvgIpc) is 2.78. The normalized spacial score (nSPS) is 15.5. The number of carbonyl (C=O) groups is 1. The predicted octanol–water partition coefficient (Wildman–Crippen LogP) is 2.47. The molecule has 1 N–H and O–H groups in total. The molecule has 3 rings (SSSR count). The summed E-state index contributed by atoms with van der Waals surface area (Å²) in [6.07, 6.45) is -0.616. The van der Waals surface area contributed by atoms with E-state index in [4.69, 9.17) is 14.2 Å². The second-order valence-electron chi connectivity index (χ2n) is 7.37. The van der Waals surface area contributed by atoms with Crippen LogP contribution in [0.15, 0.2) is 42.5 Å². The van der Waals surface area contributed by atoms with Gasteiger partial charge in [-0.25, -0.2) is 0 Å². The van der Waals surface area contributed by atoms with Crippen LogP contribution < -0.4 is 19.1 Å². The van der Waals surface area contributed by atoms with Gasteiger partial charge in [0.15, 0.2) is 17.3 Å². The summed E-state index contributed by atoms with van der Waals surface area (Å²) in [6, 6.07) is 13.1. The third-order valence-electron chi connectivity index (χ3n) is 5.28. The van der Waals surface area contributed by atoms with Gasteiger partial charge in [0, 0.05) is 44.0 Å². The molecule has 0 amide bonds. The second-order valence-corrected chi connectivity index (χ2v) is 7.37. The van der Waals surface area contributed by atoms with Crippen molar-refractivity contribution >= 4 is 11.5 Å². The van der Waals surface area contributed by atoms with Gasteiger partial charge < -0.3 is 24.2 Å². The van der Waals surface area contributed by atoms with E-state index in [1.807, 2.05) is 12.1 Å². The summed E-state index contributed by atoms with van der Waals surface area (Å²) < 4.78 is 16.3. The number of nitrogens with zero attached hydrogens (tertiary/aromatic N) is 2. The van der Waals surface area contributed by atoms with E-state index >= 15 is 0 Å². The predicted molar refractivity (Wildman–Crippen MR) is 116 cm³/mol. The molecule has 1 heterocycles. The number of methoxy groups -OCH3 is 2. The molecule has 0 bridgehead atoms. The molecule has 1 aliphatic rings. The lowest BCUT2D eigenvalue weighted by molar-refractivity contribution is 0.0653. The molecule has 0 radical (unpaired) electrons. The monoisotopic (exact) mass is 414 g/mol. The van der Waals surface area contributed by atoms with Crippen molar-refractivity contribution in [2.45, 2.75) is 13.0 Å². The Balaban J connectivity index is 1.46. The summed E-state index contributed by atoms with van der Waals surface area (Å²) in [7, 11) is 3.20. The highest BCUT2D eigenvalue weighted by atomic mass is 16.5. The number of aliphatic hydroxyl groups excluding tert-OH is 1. The summed E-state index contributed by atoms with van der Waals surface area (Å²) in [4.78, 5) is 16.1. The van der Waals surface area contributed by atoms with E-state index < -0.39 is 6.10 Å². The van der Waals surface area contributed by atoms with Crippen LogP contribution >= 0.6 is 0 Å². The first-order chi connectivity index (χ1) is 14.5. The Morgan fingerprint density at radius 2 is 1.70 bits per heavy atom. The van der Waals surface area contributed by atoms with Gasteiger partial charge in [-0.1, -0.05) is 0 Å². The Morgan fingerprint density at radius 1 is 1.00 bits per heavy atom. The molecule has 2 aromatic rings. The molecule has 30 heavy (non-hydrogen) atoms. The first kappa shape index (κ1) is 21.9. The van der Waals surface area contributed by atoms with Crippen LogP contribution in [0.25, 0.3) is 0 Å². The number of benzene rings is 2. The molecule has 0 spiro atoms. The zero-order valence-electron chi connectivity index (χ0n) is 17.8. The third kappa shape index (κ3) is 5.64. The van der Waals surface area contributed by atoms with Crippen molar-refractivity contribution < 1.29 is 24.1 Å². The maximum Gasteiger partial charge on any atom is 0.161 e. The Hall–Kier alpha value is -2.77. The molecule has 2 aromatic carbocycles. The van der Waals surface area contributed by atoms with Gasteiger partial charge in [-0.15, -0.1) is 0 Å². The van der Waals surface area contributed by atoms with Gasteiger partial charge in [0.25, 0.3) is 0 Å². The number of Topliss-reactive ketones (excluding diaryl/α,β-unsaturated/α-hetero) is 1. The molecular weight excluding hydrogens is 384 g/mol. The number of hydrogen-bond acceptors (Lipinski definition) is 7. The third-order valence-corrected chi connectivity index (χ3v) is 5.28. The quantitative estimate of drug-likeness (QED) is 0.632. The smallest absolute Gasteiger partial charge is 0.161 e. The fourth-order valence-electron chi connectivity index (χ4n) is 3.52.